The molecule has 11 aromatic rings. The van der Waals surface area contributed by atoms with Gasteiger partial charge in [-0.2, -0.15) is 0 Å². The molecule has 0 spiro atoms. The summed E-state index contributed by atoms with van der Waals surface area (Å²) in [5, 5.41) is 7.60. The van der Waals surface area contributed by atoms with Crippen LogP contribution in [0.4, 0.5) is 0 Å². The minimum Gasteiger partial charge on any atom is -0.309 e. The minimum atomic E-state index is -0.211. The highest BCUT2D eigenvalue weighted by Gasteiger charge is 2.38. The van der Waals surface area contributed by atoms with Gasteiger partial charge < -0.3 is 9.13 Å². The van der Waals surface area contributed by atoms with Crippen LogP contribution in [0.2, 0.25) is 0 Å². The number of rotatable bonds is 4. The number of para-hydroxylation sites is 1. The number of hydrogen-bond acceptors (Lipinski definition) is 0. The van der Waals surface area contributed by atoms with Crippen molar-refractivity contribution in [2.24, 2.45) is 0 Å². The summed E-state index contributed by atoms with van der Waals surface area (Å²) in [5.74, 6) is 0. The average Bonchev–Trinajstić information content (AvgIpc) is 3.86. The van der Waals surface area contributed by atoms with E-state index in [-0.39, 0.29) is 5.41 Å². The van der Waals surface area contributed by atoms with Crippen molar-refractivity contribution >= 4 is 54.4 Å². The third kappa shape index (κ3) is 4.59. The summed E-state index contributed by atoms with van der Waals surface area (Å²) in [6.45, 7) is 4.80. The molecule has 9 aromatic carbocycles. The van der Waals surface area contributed by atoms with Crippen LogP contribution in [0, 0.1) is 0 Å². The first-order valence-electron chi connectivity index (χ1n) is 19.9. The zero-order valence-corrected chi connectivity index (χ0v) is 31.9. The van der Waals surface area contributed by atoms with E-state index in [9.17, 15) is 0 Å². The summed E-state index contributed by atoms with van der Waals surface area (Å²) >= 11 is 0. The highest BCUT2D eigenvalue weighted by Crippen LogP contribution is 2.53. The molecule has 0 saturated heterocycles. The molecule has 0 N–H and O–H groups in total. The van der Waals surface area contributed by atoms with E-state index in [1.54, 1.807) is 0 Å². The van der Waals surface area contributed by atoms with Crippen LogP contribution >= 0.6 is 0 Å². The van der Waals surface area contributed by atoms with Gasteiger partial charge in [-0.3, -0.25) is 0 Å². The summed E-state index contributed by atoms with van der Waals surface area (Å²) in [5.41, 5.74) is 17.4. The number of nitrogens with zero attached hydrogens (tertiary/aromatic N) is 2. The van der Waals surface area contributed by atoms with Crippen molar-refractivity contribution in [2.45, 2.75) is 19.3 Å². The molecule has 0 fully saturated rings. The molecule has 1 aliphatic rings. The van der Waals surface area contributed by atoms with Crippen molar-refractivity contribution in [3.63, 3.8) is 0 Å². The van der Waals surface area contributed by atoms with Crippen molar-refractivity contribution in [3.8, 4) is 44.8 Å². The number of hydrogen-bond donors (Lipinski definition) is 0. The molecular weight excluding hydrogens is 689 g/mol. The van der Waals surface area contributed by atoms with Crippen molar-refractivity contribution in [3.05, 3.63) is 205 Å². The van der Waals surface area contributed by atoms with Gasteiger partial charge in [-0.05, 0) is 92.9 Å². The molecule has 0 amide bonds. The van der Waals surface area contributed by atoms with Gasteiger partial charge in [0, 0.05) is 43.6 Å². The van der Waals surface area contributed by atoms with Gasteiger partial charge in [0.1, 0.15) is 0 Å². The first-order valence-corrected chi connectivity index (χ1v) is 19.9. The maximum Gasteiger partial charge on any atom is 0.0619 e. The van der Waals surface area contributed by atoms with Gasteiger partial charge >= 0.3 is 0 Å². The van der Waals surface area contributed by atoms with Gasteiger partial charge in [-0.25, -0.2) is 0 Å². The van der Waals surface area contributed by atoms with Gasteiger partial charge in [0.05, 0.1) is 27.8 Å². The lowest BCUT2D eigenvalue weighted by atomic mass is 9.82. The molecule has 0 bridgehead atoms. The first-order chi connectivity index (χ1) is 28.0. The van der Waals surface area contributed by atoms with E-state index < -0.39 is 0 Å². The van der Waals surface area contributed by atoms with E-state index in [1.165, 1.54) is 110 Å². The normalized spacial score (nSPS) is 13.2. The highest BCUT2D eigenvalue weighted by molar-refractivity contribution is 6.19. The van der Waals surface area contributed by atoms with Crippen molar-refractivity contribution < 1.29 is 0 Å². The molecular formula is C55H38N2. The molecule has 2 nitrogen and oxygen atoms in total. The van der Waals surface area contributed by atoms with Crippen LogP contribution < -0.4 is 0 Å². The SMILES string of the molecule is CC1(C)c2cc(-n3c4ccc(-c5ccccc5)cc4c4cc(-c5ccccc5)ccc43)ccc2-c2c(-n3c4ccccc4c4ccc5ccccc5c43)cccc21. The number of aromatic nitrogens is 2. The Labute approximate surface area is 331 Å². The zero-order valence-electron chi connectivity index (χ0n) is 31.9. The number of benzene rings is 9. The maximum absolute atomic E-state index is 2.53. The van der Waals surface area contributed by atoms with E-state index in [1.807, 2.05) is 0 Å². The van der Waals surface area contributed by atoms with Crippen LogP contribution in [-0.2, 0) is 5.41 Å². The molecule has 0 atom stereocenters. The predicted octanol–water partition coefficient (Wildman–Crippen LogP) is 14.7. The van der Waals surface area contributed by atoms with E-state index in [0.29, 0.717) is 0 Å². The summed E-state index contributed by atoms with van der Waals surface area (Å²) in [6, 6.07) is 71.8. The Hall–Kier alpha value is -7.16. The topological polar surface area (TPSA) is 9.86 Å². The van der Waals surface area contributed by atoms with Crippen molar-refractivity contribution in [2.75, 3.05) is 0 Å². The monoisotopic (exact) mass is 726 g/mol. The lowest BCUT2D eigenvalue weighted by Crippen LogP contribution is -2.15. The van der Waals surface area contributed by atoms with Gasteiger partial charge in [0.25, 0.3) is 0 Å². The molecule has 2 aromatic heterocycles. The molecule has 57 heavy (non-hydrogen) atoms. The molecule has 0 aliphatic heterocycles. The molecule has 1 aliphatic carbocycles. The van der Waals surface area contributed by atoms with Crippen LogP contribution in [-0.4, -0.2) is 9.13 Å². The molecule has 12 rings (SSSR count). The molecule has 0 radical (unpaired) electrons. The largest absolute Gasteiger partial charge is 0.309 e. The standard InChI is InChI=1S/C55H38N2/c1-55(2)47-21-13-23-52(57-49-22-12-11-20-42(49)43-28-24-37-18-9-10-19-41(37)54(43)57)53(47)44-29-27-40(34-48(44)55)56-50-30-25-38(35-14-5-3-6-15-35)32-45(50)46-33-39(26-31-51(46)56)36-16-7-4-8-17-36/h3-34H,1-2H3. The molecule has 0 saturated carbocycles. The van der Waals surface area contributed by atoms with Crippen LogP contribution in [0.1, 0.15) is 25.0 Å². The fourth-order valence-corrected chi connectivity index (χ4v) is 9.98. The second-order valence-corrected chi connectivity index (χ2v) is 16.1. The Morgan fingerprint density at radius 3 is 1.68 bits per heavy atom. The average molecular weight is 727 g/mol. The van der Waals surface area contributed by atoms with Crippen molar-refractivity contribution in [1.82, 2.24) is 9.13 Å². The third-order valence-corrected chi connectivity index (χ3v) is 12.7. The molecule has 2 heteroatoms. The Morgan fingerprint density at radius 1 is 0.368 bits per heavy atom. The quantitative estimate of drug-likeness (QED) is 0.171. The summed E-state index contributed by atoms with van der Waals surface area (Å²) in [6.07, 6.45) is 0. The second-order valence-electron chi connectivity index (χ2n) is 16.1. The summed E-state index contributed by atoms with van der Waals surface area (Å²) < 4.78 is 5.01. The Balaban J connectivity index is 1.10. The van der Waals surface area contributed by atoms with Crippen LogP contribution in [0.3, 0.4) is 0 Å². The zero-order chi connectivity index (χ0) is 37.8. The van der Waals surface area contributed by atoms with Crippen LogP contribution in [0.5, 0.6) is 0 Å². The maximum atomic E-state index is 2.53. The predicted molar refractivity (Wildman–Crippen MR) is 241 cm³/mol. The van der Waals surface area contributed by atoms with Crippen LogP contribution in [0.25, 0.3) is 99.1 Å². The second kappa shape index (κ2) is 11.9. The van der Waals surface area contributed by atoms with Crippen molar-refractivity contribution in [1.29, 1.82) is 0 Å². The van der Waals surface area contributed by atoms with E-state index in [2.05, 4.69) is 217 Å². The van der Waals surface area contributed by atoms with Gasteiger partial charge in [-0.1, -0.05) is 159 Å². The Bertz CT molecular complexity index is 3320. The summed E-state index contributed by atoms with van der Waals surface area (Å²) in [7, 11) is 0. The number of fused-ring (bicyclic) bond motifs is 11. The van der Waals surface area contributed by atoms with Gasteiger partial charge in [-0.15, -0.1) is 0 Å². The minimum absolute atomic E-state index is 0.211. The fourth-order valence-electron chi connectivity index (χ4n) is 9.98. The Kier molecular flexibility index (Phi) is 6.72. The van der Waals surface area contributed by atoms with E-state index in [4.69, 9.17) is 0 Å². The third-order valence-electron chi connectivity index (χ3n) is 12.7. The smallest absolute Gasteiger partial charge is 0.0619 e. The first kappa shape index (κ1) is 32.1. The highest BCUT2D eigenvalue weighted by atomic mass is 15.0. The van der Waals surface area contributed by atoms with E-state index >= 15 is 0 Å². The molecule has 268 valence electrons. The van der Waals surface area contributed by atoms with E-state index in [0.717, 1.165) is 0 Å². The van der Waals surface area contributed by atoms with Crippen LogP contribution in [0.15, 0.2) is 194 Å². The van der Waals surface area contributed by atoms with Gasteiger partial charge in [0.15, 0.2) is 0 Å². The Morgan fingerprint density at radius 2 is 0.982 bits per heavy atom. The molecule has 2 heterocycles. The summed E-state index contributed by atoms with van der Waals surface area (Å²) in [4.78, 5) is 0. The molecule has 0 unspecified atom stereocenters. The lowest BCUT2D eigenvalue weighted by molar-refractivity contribution is 0.659. The lowest BCUT2D eigenvalue weighted by Gasteiger charge is -2.23. The fraction of sp³-hybridized carbons (Fsp3) is 0.0545. The van der Waals surface area contributed by atoms with Gasteiger partial charge in [0.2, 0.25) is 0 Å².